The van der Waals surface area contributed by atoms with E-state index >= 15 is 0 Å². The summed E-state index contributed by atoms with van der Waals surface area (Å²) in [5.41, 5.74) is -1.86. The molecule has 0 aliphatic heterocycles. The van der Waals surface area contributed by atoms with Gasteiger partial charge in [0.2, 0.25) is 0 Å². The summed E-state index contributed by atoms with van der Waals surface area (Å²) in [6.45, 7) is 8.87. The third-order valence-corrected chi connectivity index (χ3v) is 5.36. The number of esters is 2. The molecule has 0 unspecified atom stereocenters. The third kappa shape index (κ3) is 5.91. The number of Topliss-reactive ketones (excluding diaryl/α,β-unsaturated/α-hetero) is 1. The molecule has 4 atom stereocenters. The van der Waals surface area contributed by atoms with E-state index in [-0.39, 0.29) is 36.3 Å². The van der Waals surface area contributed by atoms with Gasteiger partial charge in [-0.1, -0.05) is 39.8 Å². The van der Waals surface area contributed by atoms with Crippen LogP contribution in [0.25, 0.3) is 0 Å². The summed E-state index contributed by atoms with van der Waals surface area (Å²) in [4.78, 5) is 49.7. The largest absolute Gasteiger partial charge is 0.465 e. The van der Waals surface area contributed by atoms with Crippen molar-refractivity contribution in [3.8, 4) is 0 Å². The Labute approximate surface area is 187 Å². The number of nitrogens with zero attached hydrogens (tertiary/aromatic N) is 1. The van der Waals surface area contributed by atoms with Crippen LogP contribution in [-0.2, 0) is 23.9 Å². The Morgan fingerprint density at radius 1 is 1.16 bits per heavy atom. The highest BCUT2D eigenvalue weighted by Gasteiger charge is 2.57. The summed E-state index contributed by atoms with van der Waals surface area (Å²) in [6.07, 6.45) is -0.443. The number of ketones is 1. The van der Waals surface area contributed by atoms with Crippen LogP contribution in [0.5, 0.6) is 0 Å². The van der Waals surface area contributed by atoms with E-state index in [1.165, 1.54) is 31.2 Å². The summed E-state index contributed by atoms with van der Waals surface area (Å²) in [6, 6.07) is 5.39. The van der Waals surface area contributed by atoms with Gasteiger partial charge in [-0.3, -0.25) is 24.5 Å². The van der Waals surface area contributed by atoms with E-state index in [1.54, 1.807) is 0 Å². The van der Waals surface area contributed by atoms with Gasteiger partial charge in [0.1, 0.15) is 5.92 Å². The number of non-ortho nitro benzene ring substituents is 1. The number of nitro groups is 1. The lowest BCUT2D eigenvalue weighted by molar-refractivity contribution is -0.385. The van der Waals surface area contributed by atoms with Gasteiger partial charge in [0.25, 0.3) is 5.69 Å². The van der Waals surface area contributed by atoms with Gasteiger partial charge in [-0.15, -0.1) is 0 Å². The first-order valence-corrected chi connectivity index (χ1v) is 10.7. The predicted octanol–water partition coefficient (Wildman–Crippen LogP) is 3.03. The van der Waals surface area contributed by atoms with E-state index in [1.807, 2.05) is 27.7 Å². The van der Waals surface area contributed by atoms with Gasteiger partial charge in [0.15, 0.2) is 5.78 Å². The van der Waals surface area contributed by atoms with Gasteiger partial charge in [-0.25, -0.2) is 0 Å². The lowest BCUT2D eigenvalue weighted by atomic mass is 9.61. The molecule has 1 aliphatic rings. The Morgan fingerprint density at radius 2 is 1.72 bits per heavy atom. The van der Waals surface area contributed by atoms with Gasteiger partial charge < -0.3 is 14.6 Å². The average molecular weight is 450 g/mol. The van der Waals surface area contributed by atoms with Crippen molar-refractivity contribution in [2.24, 2.45) is 23.7 Å². The molecule has 9 heteroatoms. The summed E-state index contributed by atoms with van der Waals surface area (Å²) in [7, 11) is 0. The fourth-order valence-corrected chi connectivity index (χ4v) is 3.94. The molecular formula is C23H31NO8. The number of carbonyl (C=O) groups is 3. The Balaban J connectivity index is 2.60. The maximum atomic E-state index is 13.1. The molecule has 1 fully saturated rings. The highest BCUT2D eigenvalue weighted by atomic mass is 16.6. The Hall–Kier alpha value is -2.81. The lowest BCUT2D eigenvalue weighted by Gasteiger charge is -2.43. The average Bonchev–Trinajstić information content (AvgIpc) is 2.69. The van der Waals surface area contributed by atoms with Crippen molar-refractivity contribution >= 4 is 23.4 Å². The minimum atomic E-state index is -1.81. The van der Waals surface area contributed by atoms with Crippen molar-refractivity contribution < 1.29 is 33.9 Å². The summed E-state index contributed by atoms with van der Waals surface area (Å²) >= 11 is 0. The molecule has 1 aliphatic carbocycles. The molecule has 0 amide bonds. The molecule has 0 bridgehead atoms. The number of benzene rings is 1. The SMILES string of the molecule is CC(C)COC(=O)[C@@H]1C(=O)C[C@](C)(O)[C@@H](C(=O)OCC(C)C)[C@H]1c1cccc([N+](=O)[O-])c1. The zero-order valence-corrected chi connectivity index (χ0v) is 19.1. The van der Waals surface area contributed by atoms with Crippen molar-refractivity contribution in [3.63, 3.8) is 0 Å². The van der Waals surface area contributed by atoms with E-state index in [2.05, 4.69) is 0 Å². The van der Waals surface area contributed by atoms with Crippen molar-refractivity contribution in [3.05, 3.63) is 39.9 Å². The number of hydrogen-bond acceptors (Lipinski definition) is 8. The van der Waals surface area contributed by atoms with E-state index in [9.17, 15) is 29.6 Å². The molecular weight excluding hydrogens is 418 g/mol. The zero-order chi connectivity index (χ0) is 24.2. The Bertz CT molecular complexity index is 877. The molecule has 9 nitrogen and oxygen atoms in total. The van der Waals surface area contributed by atoms with E-state index < -0.39 is 52.4 Å². The lowest BCUT2D eigenvalue weighted by Crippen LogP contribution is -2.55. The third-order valence-electron chi connectivity index (χ3n) is 5.36. The highest BCUT2D eigenvalue weighted by molar-refractivity contribution is 6.02. The molecule has 0 aromatic heterocycles. The summed E-state index contributed by atoms with van der Waals surface area (Å²) < 4.78 is 10.7. The first-order valence-electron chi connectivity index (χ1n) is 10.7. The molecule has 0 radical (unpaired) electrons. The second-order valence-electron chi connectivity index (χ2n) is 9.38. The maximum absolute atomic E-state index is 13.1. The summed E-state index contributed by atoms with van der Waals surface area (Å²) in [5.74, 6) is -6.00. The molecule has 1 aromatic carbocycles. The Kier molecular flexibility index (Phi) is 8.12. The van der Waals surface area contributed by atoms with Crippen LogP contribution in [0.2, 0.25) is 0 Å². The number of rotatable bonds is 8. The van der Waals surface area contributed by atoms with Crippen LogP contribution in [0.15, 0.2) is 24.3 Å². The maximum Gasteiger partial charge on any atom is 0.317 e. The molecule has 176 valence electrons. The molecule has 2 rings (SSSR count). The zero-order valence-electron chi connectivity index (χ0n) is 19.1. The molecule has 1 aromatic rings. The first kappa shape index (κ1) is 25.5. The van der Waals surface area contributed by atoms with Gasteiger partial charge in [-0.2, -0.15) is 0 Å². The van der Waals surface area contributed by atoms with Gasteiger partial charge in [-0.05, 0) is 24.3 Å². The molecule has 0 spiro atoms. The van der Waals surface area contributed by atoms with Crippen molar-refractivity contribution in [1.82, 2.24) is 0 Å². The minimum Gasteiger partial charge on any atom is -0.465 e. The standard InChI is InChI=1S/C23H31NO8/c1-13(2)11-31-21(26)19-17(25)10-23(5,28)20(22(27)32-12-14(3)4)18(19)15-7-6-8-16(9-15)24(29)30/h6-9,13-14,18-20,28H,10-12H2,1-5H3/t18-,19+,20+,23-/m0/s1. The number of nitro benzene ring substituents is 1. The van der Waals surface area contributed by atoms with Crippen LogP contribution in [0.4, 0.5) is 5.69 Å². The van der Waals surface area contributed by atoms with Crippen LogP contribution in [-0.4, -0.2) is 46.6 Å². The first-order chi connectivity index (χ1) is 14.8. The van der Waals surface area contributed by atoms with Crippen molar-refractivity contribution in [1.29, 1.82) is 0 Å². The van der Waals surface area contributed by atoms with Crippen LogP contribution < -0.4 is 0 Å². The Morgan fingerprint density at radius 3 is 2.25 bits per heavy atom. The van der Waals surface area contributed by atoms with Crippen LogP contribution in [0.1, 0.15) is 52.5 Å². The van der Waals surface area contributed by atoms with Gasteiger partial charge >= 0.3 is 11.9 Å². The number of carbonyl (C=O) groups excluding carboxylic acids is 3. The summed E-state index contributed by atoms with van der Waals surface area (Å²) in [5, 5.41) is 22.4. The molecule has 0 heterocycles. The molecule has 0 saturated heterocycles. The minimum absolute atomic E-state index is 0.0174. The van der Waals surface area contributed by atoms with Crippen LogP contribution in [0.3, 0.4) is 0 Å². The second kappa shape index (κ2) is 10.2. The van der Waals surface area contributed by atoms with Crippen molar-refractivity contribution in [2.75, 3.05) is 13.2 Å². The van der Waals surface area contributed by atoms with E-state index in [0.29, 0.717) is 0 Å². The van der Waals surface area contributed by atoms with Crippen LogP contribution in [0, 0.1) is 33.8 Å². The topological polar surface area (TPSA) is 133 Å². The second-order valence-corrected chi connectivity index (χ2v) is 9.38. The number of ether oxygens (including phenoxy) is 2. The van der Waals surface area contributed by atoms with Crippen molar-refractivity contribution in [2.45, 2.75) is 52.6 Å². The fraction of sp³-hybridized carbons (Fsp3) is 0.609. The smallest absolute Gasteiger partial charge is 0.317 e. The number of aliphatic hydroxyl groups is 1. The highest BCUT2D eigenvalue weighted by Crippen LogP contribution is 2.47. The van der Waals surface area contributed by atoms with E-state index in [4.69, 9.17) is 9.47 Å². The molecule has 1 saturated carbocycles. The number of hydrogen-bond donors (Lipinski definition) is 1. The molecule has 32 heavy (non-hydrogen) atoms. The molecule has 1 N–H and O–H groups in total. The van der Waals surface area contributed by atoms with E-state index in [0.717, 1.165) is 0 Å². The predicted molar refractivity (Wildman–Crippen MR) is 115 cm³/mol. The monoisotopic (exact) mass is 449 g/mol. The quantitative estimate of drug-likeness (QED) is 0.277. The van der Waals surface area contributed by atoms with Crippen LogP contribution >= 0.6 is 0 Å². The fourth-order valence-electron chi connectivity index (χ4n) is 3.94. The van der Waals surface area contributed by atoms with Gasteiger partial charge in [0, 0.05) is 24.5 Å². The normalized spacial score (nSPS) is 25.6. The van der Waals surface area contributed by atoms with Gasteiger partial charge in [0.05, 0.1) is 29.7 Å².